The minimum absolute atomic E-state index is 0.683. The molecule has 4 nitrogen and oxygen atoms in total. The average molecular weight is 804 g/mol. The molecule has 0 amide bonds. The van der Waals surface area contributed by atoms with Crippen LogP contribution in [0.15, 0.2) is 229 Å². The Morgan fingerprint density at radius 1 is 0.286 bits per heavy atom. The van der Waals surface area contributed by atoms with Gasteiger partial charge in [0.1, 0.15) is 11.2 Å². The van der Waals surface area contributed by atoms with Crippen molar-refractivity contribution in [1.29, 1.82) is 0 Å². The number of para-hydroxylation sites is 2. The number of furan rings is 1. The number of aromatic nitrogens is 3. The molecule has 294 valence electrons. The molecular weight excluding hydrogens is 767 g/mol. The number of nitrogens with zero attached hydrogens (tertiary/aromatic N) is 3. The van der Waals surface area contributed by atoms with E-state index in [2.05, 4.69) is 200 Å². The summed E-state index contributed by atoms with van der Waals surface area (Å²) in [7, 11) is 0. The Morgan fingerprint density at radius 2 is 0.810 bits per heavy atom. The van der Waals surface area contributed by atoms with Crippen molar-refractivity contribution < 1.29 is 4.42 Å². The van der Waals surface area contributed by atoms with E-state index in [1.807, 2.05) is 24.3 Å². The maximum atomic E-state index is 6.67. The molecule has 0 saturated carbocycles. The summed E-state index contributed by atoms with van der Waals surface area (Å²) in [5.41, 5.74) is 16.1. The van der Waals surface area contributed by atoms with E-state index in [0.29, 0.717) is 5.82 Å². The average Bonchev–Trinajstić information content (AvgIpc) is 3.74. The van der Waals surface area contributed by atoms with Gasteiger partial charge >= 0.3 is 0 Å². The molecule has 3 heterocycles. The molecule has 0 aliphatic rings. The number of benzene rings is 9. The second-order valence-electron chi connectivity index (χ2n) is 15.9. The van der Waals surface area contributed by atoms with E-state index >= 15 is 0 Å². The lowest BCUT2D eigenvalue weighted by Gasteiger charge is -2.16. The zero-order chi connectivity index (χ0) is 41.7. The third kappa shape index (κ3) is 6.53. The molecule has 0 unspecified atom stereocenters. The Hall–Kier alpha value is -8.47. The summed E-state index contributed by atoms with van der Waals surface area (Å²) in [6.45, 7) is 0. The van der Waals surface area contributed by atoms with Crippen molar-refractivity contribution in [3.8, 4) is 78.5 Å². The molecule has 63 heavy (non-hydrogen) atoms. The zero-order valence-electron chi connectivity index (χ0n) is 34.1. The SMILES string of the molecule is c1ccc(-c2ccc(-c3nc(-c4ccccc4)cc(-c4cccc(-c5cccc(-c6c7c(cc8c(-c9ccccc9)nc9ccccc9c68)oc6ccccc67)c5)c4)n3)cc2)cc1. The minimum Gasteiger partial charge on any atom is -0.456 e. The van der Waals surface area contributed by atoms with Gasteiger partial charge in [-0.2, -0.15) is 0 Å². The van der Waals surface area contributed by atoms with Gasteiger partial charge in [0, 0.05) is 54.7 Å². The van der Waals surface area contributed by atoms with Gasteiger partial charge in [-0.3, -0.25) is 0 Å². The molecule has 3 aromatic heterocycles. The van der Waals surface area contributed by atoms with Crippen molar-refractivity contribution in [1.82, 2.24) is 15.0 Å². The first-order valence-electron chi connectivity index (χ1n) is 21.3. The Kier molecular flexibility index (Phi) is 8.79. The number of hydrogen-bond donors (Lipinski definition) is 0. The van der Waals surface area contributed by atoms with E-state index in [0.717, 1.165) is 111 Å². The van der Waals surface area contributed by atoms with Gasteiger partial charge in [0.15, 0.2) is 5.82 Å². The molecule has 0 N–H and O–H groups in total. The molecule has 0 aliphatic carbocycles. The van der Waals surface area contributed by atoms with Gasteiger partial charge in [-0.15, -0.1) is 0 Å². The van der Waals surface area contributed by atoms with Gasteiger partial charge < -0.3 is 4.42 Å². The number of hydrogen-bond acceptors (Lipinski definition) is 4. The van der Waals surface area contributed by atoms with Crippen LogP contribution >= 0.6 is 0 Å². The second kappa shape index (κ2) is 15.2. The zero-order valence-corrected chi connectivity index (χ0v) is 34.1. The Bertz CT molecular complexity index is 3650. The number of fused-ring (bicyclic) bond motifs is 6. The fourth-order valence-electron chi connectivity index (χ4n) is 9.06. The largest absolute Gasteiger partial charge is 0.456 e. The van der Waals surface area contributed by atoms with Crippen LogP contribution in [0.3, 0.4) is 0 Å². The van der Waals surface area contributed by atoms with Crippen LogP contribution < -0.4 is 0 Å². The van der Waals surface area contributed by atoms with Crippen LogP contribution in [-0.2, 0) is 0 Å². The number of rotatable bonds is 7. The van der Waals surface area contributed by atoms with Gasteiger partial charge in [-0.05, 0) is 64.2 Å². The van der Waals surface area contributed by atoms with Gasteiger partial charge in [0.25, 0.3) is 0 Å². The highest BCUT2D eigenvalue weighted by molar-refractivity contribution is 6.27. The monoisotopic (exact) mass is 803 g/mol. The highest BCUT2D eigenvalue weighted by Crippen LogP contribution is 2.47. The molecule has 0 bridgehead atoms. The van der Waals surface area contributed by atoms with Crippen molar-refractivity contribution in [3.63, 3.8) is 0 Å². The van der Waals surface area contributed by atoms with E-state index in [1.165, 1.54) is 5.56 Å². The Balaban J connectivity index is 1.03. The van der Waals surface area contributed by atoms with Crippen LogP contribution in [-0.4, -0.2) is 15.0 Å². The van der Waals surface area contributed by atoms with Crippen molar-refractivity contribution in [3.05, 3.63) is 224 Å². The summed E-state index contributed by atoms with van der Waals surface area (Å²) in [4.78, 5) is 15.6. The van der Waals surface area contributed by atoms with Crippen LogP contribution in [0.4, 0.5) is 0 Å². The lowest BCUT2D eigenvalue weighted by molar-refractivity contribution is 0.669. The fourth-order valence-corrected chi connectivity index (χ4v) is 9.06. The molecule has 0 radical (unpaired) electrons. The Morgan fingerprint density at radius 3 is 1.54 bits per heavy atom. The van der Waals surface area contributed by atoms with Crippen LogP contribution in [0.5, 0.6) is 0 Å². The first-order valence-corrected chi connectivity index (χ1v) is 21.3. The van der Waals surface area contributed by atoms with E-state index < -0.39 is 0 Å². The molecule has 12 rings (SSSR count). The van der Waals surface area contributed by atoms with Gasteiger partial charge in [0.2, 0.25) is 0 Å². The highest BCUT2D eigenvalue weighted by Gasteiger charge is 2.22. The van der Waals surface area contributed by atoms with Crippen molar-refractivity contribution >= 4 is 43.6 Å². The van der Waals surface area contributed by atoms with Gasteiger partial charge in [0.05, 0.1) is 22.6 Å². The molecule has 0 aliphatic heterocycles. The molecule has 4 heteroatoms. The molecule has 0 atom stereocenters. The standard InChI is InChI=1S/C59H37N3O/c1-4-16-38(17-5-1)39-30-32-42(33-31-39)59-61-51(40-18-6-2-7-19-40)37-52(62-59)45-24-14-22-43(34-45)44-23-15-25-46(35-44)55-56-47-26-10-12-28-50(47)60-58(41-20-8-3-9-21-41)49(56)36-54-57(55)48-27-11-13-29-53(48)63-54/h1-37H. The second-order valence-corrected chi connectivity index (χ2v) is 15.9. The van der Waals surface area contributed by atoms with Crippen molar-refractivity contribution in [2.75, 3.05) is 0 Å². The summed E-state index contributed by atoms with van der Waals surface area (Å²) >= 11 is 0. The smallest absolute Gasteiger partial charge is 0.160 e. The topological polar surface area (TPSA) is 51.8 Å². The van der Waals surface area contributed by atoms with Gasteiger partial charge in [-0.25, -0.2) is 15.0 Å². The van der Waals surface area contributed by atoms with Crippen LogP contribution in [0.25, 0.3) is 122 Å². The summed E-state index contributed by atoms with van der Waals surface area (Å²) in [5, 5.41) is 5.49. The normalized spacial score (nSPS) is 11.5. The summed E-state index contributed by atoms with van der Waals surface area (Å²) in [6.07, 6.45) is 0. The highest BCUT2D eigenvalue weighted by atomic mass is 16.3. The lowest BCUT2D eigenvalue weighted by atomic mass is 9.88. The molecule has 9 aromatic carbocycles. The minimum atomic E-state index is 0.683. The first-order chi connectivity index (χ1) is 31.2. The van der Waals surface area contributed by atoms with Crippen LogP contribution in [0, 0.1) is 0 Å². The maximum absolute atomic E-state index is 6.67. The van der Waals surface area contributed by atoms with Crippen molar-refractivity contribution in [2.45, 2.75) is 0 Å². The van der Waals surface area contributed by atoms with E-state index in [4.69, 9.17) is 19.4 Å². The summed E-state index contributed by atoms with van der Waals surface area (Å²) in [6, 6.07) is 78.5. The lowest BCUT2D eigenvalue weighted by Crippen LogP contribution is -1.96. The van der Waals surface area contributed by atoms with Gasteiger partial charge in [-0.1, -0.05) is 188 Å². The predicted molar refractivity (Wildman–Crippen MR) is 260 cm³/mol. The fraction of sp³-hybridized carbons (Fsp3) is 0. The first kappa shape index (κ1) is 36.4. The van der Waals surface area contributed by atoms with E-state index in [1.54, 1.807) is 0 Å². The van der Waals surface area contributed by atoms with Crippen LogP contribution in [0.2, 0.25) is 0 Å². The molecule has 0 fully saturated rings. The van der Waals surface area contributed by atoms with E-state index in [-0.39, 0.29) is 0 Å². The van der Waals surface area contributed by atoms with E-state index in [9.17, 15) is 0 Å². The number of pyridine rings is 1. The quantitative estimate of drug-likeness (QED) is 0.151. The molecular formula is C59H37N3O. The third-order valence-electron chi connectivity index (χ3n) is 12.1. The maximum Gasteiger partial charge on any atom is 0.160 e. The molecule has 0 saturated heterocycles. The van der Waals surface area contributed by atoms with Crippen molar-refractivity contribution in [2.24, 2.45) is 0 Å². The predicted octanol–water partition coefficient (Wildman–Crippen LogP) is 15.7. The Labute approximate surface area is 364 Å². The third-order valence-corrected chi connectivity index (χ3v) is 12.1. The summed E-state index contributed by atoms with van der Waals surface area (Å²) in [5.74, 6) is 0.683. The summed E-state index contributed by atoms with van der Waals surface area (Å²) < 4.78 is 6.67. The molecule has 0 spiro atoms. The molecule has 12 aromatic rings. The van der Waals surface area contributed by atoms with Crippen LogP contribution in [0.1, 0.15) is 0 Å².